The van der Waals surface area contributed by atoms with Gasteiger partial charge < -0.3 is 25.4 Å². The van der Waals surface area contributed by atoms with E-state index in [2.05, 4.69) is 16.0 Å². The lowest BCUT2D eigenvalue weighted by molar-refractivity contribution is -0.155. The summed E-state index contributed by atoms with van der Waals surface area (Å²) in [5, 5.41) is 8.47. The molecule has 0 bridgehead atoms. The summed E-state index contributed by atoms with van der Waals surface area (Å²) >= 11 is 0. The van der Waals surface area contributed by atoms with Crippen molar-refractivity contribution in [2.75, 3.05) is 25.2 Å². The van der Waals surface area contributed by atoms with Crippen LogP contribution in [-0.4, -0.2) is 61.1 Å². The molecule has 41 heavy (non-hydrogen) atoms. The maximum absolute atomic E-state index is 13.6. The van der Waals surface area contributed by atoms with Gasteiger partial charge in [0.2, 0.25) is 13.2 Å². The van der Waals surface area contributed by atoms with E-state index in [4.69, 9.17) is 9.47 Å². The van der Waals surface area contributed by atoms with E-state index in [9.17, 15) is 24.0 Å². The molecule has 4 amide bonds. The van der Waals surface area contributed by atoms with Gasteiger partial charge >= 0.3 is 12.1 Å². The van der Waals surface area contributed by atoms with E-state index in [1.165, 1.54) is 6.92 Å². The minimum Gasteiger partial charge on any atom is -0.426 e. The Balaban J connectivity index is 1.78. The second-order valence-electron chi connectivity index (χ2n) is 9.58. The third-order valence-corrected chi connectivity index (χ3v) is 6.66. The van der Waals surface area contributed by atoms with Gasteiger partial charge in [-0.2, -0.15) is 0 Å². The van der Waals surface area contributed by atoms with Crippen LogP contribution in [0, 0.1) is 12.8 Å². The van der Waals surface area contributed by atoms with Gasteiger partial charge in [-0.3, -0.25) is 14.4 Å². The molecule has 11 heteroatoms. The first-order valence-electron chi connectivity index (χ1n) is 13.4. The van der Waals surface area contributed by atoms with Crippen molar-refractivity contribution in [2.45, 2.75) is 47.1 Å². The number of allylic oxidation sites excluding steroid dienone is 5. The molecule has 3 rings (SSSR count). The first kappa shape index (κ1) is 30.9. The number of carbonyl (C=O) groups is 5. The topological polar surface area (TPSA) is 143 Å². The minimum absolute atomic E-state index is 0.0991. The minimum atomic E-state index is -0.948. The molecule has 1 aromatic rings. The van der Waals surface area contributed by atoms with E-state index < -0.39 is 30.8 Å². The highest BCUT2D eigenvalue weighted by Gasteiger charge is 2.34. The number of hydrogen-bond acceptors (Lipinski definition) is 8. The molecule has 2 unspecified atom stereocenters. The third kappa shape index (κ3) is 7.30. The van der Waals surface area contributed by atoms with Gasteiger partial charge in [0.05, 0.1) is 0 Å². The lowest BCUT2D eigenvalue weighted by atomic mass is 9.92. The van der Waals surface area contributed by atoms with Gasteiger partial charge in [-0.25, -0.2) is 14.5 Å². The summed E-state index contributed by atoms with van der Waals surface area (Å²) < 4.78 is 9.91. The zero-order valence-electron chi connectivity index (χ0n) is 23.9. The zero-order valence-corrected chi connectivity index (χ0v) is 23.9. The van der Waals surface area contributed by atoms with Gasteiger partial charge in [-0.15, -0.1) is 0 Å². The number of esters is 1. The first-order chi connectivity index (χ1) is 19.6. The van der Waals surface area contributed by atoms with Gasteiger partial charge in [-0.1, -0.05) is 31.2 Å². The van der Waals surface area contributed by atoms with Crippen molar-refractivity contribution < 1.29 is 33.4 Å². The number of aryl methyl sites for hydroxylation is 1. The number of anilines is 1. The molecule has 0 spiro atoms. The maximum atomic E-state index is 13.6. The molecule has 0 fully saturated rings. The molecule has 1 aromatic carbocycles. The lowest BCUT2D eigenvalue weighted by Gasteiger charge is -2.22. The third-order valence-electron chi connectivity index (χ3n) is 6.66. The van der Waals surface area contributed by atoms with Crippen LogP contribution in [0.15, 0.2) is 64.9 Å². The monoisotopic (exact) mass is 564 g/mol. The smallest absolute Gasteiger partial charge is 0.419 e. The summed E-state index contributed by atoms with van der Waals surface area (Å²) in [5.41, 5.74) is 4.97. The number of benzene rings is 1. The average molecular weight is 565 g/mol. The number of fused-ring (bicyclic) bond motifs is 1. The summed E-state index contributed by atoms with van der Waals surface area (Å²) in [7, 11) is 0. The Morgan fingerprint density at radius 2 is 1.88 bits per heavy atom. The van der Waals surface area contributed by atoms with Crippen molar-refractivity contribution in [3.05, 3.63) is 76.0 Å². The fraction of sp³-hybridized carbons (Fsp3) is 0.367. The number of carbonyl (C=O) groups excluding carboxylic acids is 5. The molecule has 0 saturated carbocycles. The number of hydrogen-bond donors (Lipinski definition) is 3. The Bertz CT molecular complexity index is 1340. The van der Waals surface area contributed by atoms with E-state index in [-0.39, 0.29) is 18.4 Å². The van der Waals surface area contributed by atoms with Crippen molar-refractivity contribution in [2.24, 2.45) is 5.92 Å². The lowest BCUT2D eigenvalue weighted by Crippen LogP contribution is -2.40. The fourth-order valence-electron chi connectivity index (χ4n) is 4.48. The molecule has 0 heterocycles. The predicted molar refractivity (Wildman–Crippen MR) is 152 cm³/mol. The van der Waals surface area contributed by atoms with Crippen molar-refractivity contribution in [3.8, 4) is 0 Å². The van der Waals surface area contributed by atoms with Crippen LogP contribution in [0.2, 0.25) is 0 Å². The van der Waals surface area contributed by atoms with Crippen LogP contribution in [0.25, 0.3) is 0 Å². The van der Waals surface area contributed by atoms with Gasteiger partial charge in [0, 0.05) is 41.5 Å². The normalized spacial score (nSPS) is 16.1. The van der Waals surface area contributed by atoms with E-state index in [1.54, 1.807) is 18.2 Å². The first-order valence-corrected chi connectivity index (χ1v) is 13.4. The average Bonchev–Trinajstić information content (AvgIpc) is 3.29. The Hall–Kier alpha value is -4.67. The molecule has 2 aliphatic rings. The van der Waals surface area contributed by atoms with Crippen molar-refractivity contribution >= 4 is 36.0 Å². The number of imide groups is 1. The molecule has 2 atom stereocenters. The number of rotatable bonds is 12. The second kappa shape index (κ2) is 14.1. The number of nitrogens with zero attached hydrogens (tertiary/aromatic N) is 1. The van der Waals surface area contributed by atoms with E-state index >= 15 is 0 Å². The van der Waals surface area contributed by atoms with E-state index in [0.717, 1.165) is 27.4 Å². The van der Waals surface area contributed by atoms with Crippen LogP contribution in [0.1, 0.15) is 50.0 Å². The van der Waals surface area contributed by atoms with E-state index in [0.29, 0.717) is 36.1 Å². The summed E-state index contributed by atoms with van der Waals surface area (Å²) in [4.78, 5) is 62.1. The number of nitrogens with one attached hydrogen (secondary N) is 3. The summed E-state index contributed by atoms with van der Waals surface area (Å²) in [5.74, 6) is -1.67. The molecular formula is C30H36N4O7. The molecule has 218 valence electrons. The molecule has 11 nitrogen and oxygen atoms in total. The highest BCUT2D eigenvalue weighted by molar-refractivity contribution is 6.06. The Morgan fingerprint density at radius 1 is 1.12 bits per heavy atom. The number of ether oxygens (including phenoxy) is 2. The standard InChI is InChI=1S/C30H36N4O7/c1-6-13-34(30(39)41-17-40-29(38)20(5)32-16-35)28(37)23-14-21-9-8-10-24(26(21)19(23)4)33-25-15-22(12-11-18(25)3)27(36)31-7-2/h8-12,14-16,20-21,33H,6-7,13,17H2,1-5H3,(H,31,36)(H,32,35). The van der Waals surface area contributed by atoms with Gasteiger partial charge in [0.25, 0.3) is 11.8 Å². The molecule has 2 aliphatic carbocycles. The van der Waals surface area contributed by atoms with Gasteiger partial charge in [0.1, 0.15) is 6.04 Å². The fourth-order valence-corrected chi connectivity index (χ4v) is 4.48. The highest BCUT2D eigenvalue weighted by atomic mass is 16.7. The molecule has 0 aliphatic heterocycles. The van der Waals surface area contributed by atoms with E-state index in [1.807, 2.05) is 52.0 Å². The van der Waals surface area contributed by atoms with Crippen LogP contribution in [-0.2, 0) is 23.9 Å². The molecule has 0 aromatic heterocycles. The highest BCUT2D eigenvalue weighted by Crippen LogP contribution is 2.40. The van der Waals surface area contributed by atoms with Gasteiger partial charge in [0.15, 0.2) is 0 Å². The SMILES string of the molecule is CCCN(C(=O)OCOC(=O)C(C)NC=O)C(=O)C1=CC2C=CC=C(Nc3cc(C(=O)NCC)ccc3C)C2=C1C. The van der Waals surface area contributed by atoms with Crippen LogP contribution >= 0.6 is 0 Å². The van der Waals surface area contributed by atoms with Crippen LogP contribution in [0.5, 0.6) is 0 Å². The maximum Gasteiger partial charge on any atom is 0.419 e. The summed E-state index contributed by atoms with van der Waals surface area (Å²) in [6.45, 7) is 8.78. The number of amides is 4. The Kier molecular flexibility index (Phi) is 10.6. The second-order valence-corrected chi connectivity index (χ2v) is 9.58. The van der Waals surface area contributed by atoms with Crippen LogP contribution in [0.4, 0.5) is 10.5 Å². The van der Waals surface area contributed by atoms with Crippen molar-refractivity contribution in [3.63, 3.8) is 0 Å². The quantitative estimate of drug-likeness (QED) is 0.199. The molecule has 0 saturated heterocycles. The van der Waals surface area contributed by atoms with Gasteiger partial charge in [-0.05, 0) is 69.0 Å². The largest absolute Gasteiger partial charge is 0.426 e. The Morgan fingerprint density at radius 3 is 2.56 bits per heavy atom. The van der Waals surface area contributed by atoms with Crippen molar-refractivity contribution in [1.82, 2.24) is 15.5 Å². The molecule has 0 radical (unpaired) electrons. The van der Waals surface area contributed by atoms with Crippen LogP contribution < -0.4 is 16.0 Å². The molecular weight excluding hydrogens is 528 g/mol. The predicted octanol–water partition coefficient (Wildman–Crippen LogP) is 3.49. The van der Waals surface area contributed by atoms with Crippen molar-refractivity contribution in [1.29, 1.82) is 0 Å². The Labute approximate surface area is 239 Å². The molecule has 3 N–H and O–H groups in total. The van der Waals surface area contributed by atoms with Crippen LogP contribution in [0.3, 0.4) is 0 Å². The summed E-state index contributed by atoms with van der Waals surface area (Å²) in [6, 6.07) is 4.52. The zero-order chi connectivity index (χ0) is 30.1. The summed E-state index contributed by atoms with van der Waals surface area (Å²) in [6.07, 6.45) is 7.46.